The average molecular weight is 415 g/mol. The van der Waals surface area contributed by atoms with Crippen molar-refractivity contribution in [2.75, 3.05) is 25.0 Å². The predicted molar refractivity (Wildman–Crippen MR) is 91.5 cm³/mol. The van der Waals surface area contributed by atoms with Crippen LogP contribution in [0.3, 0.4) is 0 Å². The second-order valence-corrected chi connectivity index (χ2v) is 6.93. The summed E-state index contributed by atoms with van der Waals surface area (Å²) >= 11 is 7.05. The highest BCUT2D eigenvalue weighted by atomic mass is 79.9. The Kier molecular flexibility index (Phi) is 4.61. The fraction of sp³-hybridized carbons (Fsp3) is 0.429. The van der Waals surface area contributed by atoms with Gasteiger partial charge in [0.15, 0.2) is 5.82 Å². The maximum Gasteiger partial charge on any atom is 0.245 e. The predicted octanol–water partition coefficient (Wildman–Crippen LogP) is 3.18. The van der Waals surface area contributed by atoms with Crippen LogP contribution >= 0.6 is 31.9 Å². The first-order valence-corrected chi connectivity index (χ1v) is 8.56. The van der Waals surface area contributed by atoms with Crippen LogP contribution in [0.2, 0.25) is 0 Å². The molecule has 1 aliphatic rings. The molecule has 0 atom stereocenters. The third-order valence-electron chi connectivity index (χ3n) is 3.84. The summed E-state index contributed by atoms with van der Waals surface area (Å²) in [5, 5.41) is 10.7. The van der Waals surface area contributed by atoms with Crippen LogP contribution in [0.1, 0.15) is 12.8 Å². The number of piperidine rings is 1. The Bertz CT molecular complexity index is 620. The number of aromatic nitrogens is 3. The lowest BCUT2D eigenvalue weighted by Crippen LogP contribution is -2.41. The van der Waals surface area contributed by atoms with E-state index in [1.165, 1.54) is 0 Å². The van der Waals surface area contributed by atoms with Crippen LogP contribution in [0.4, 0.5) is 5.95 Å². The van der Waals surface area contributed by atoms with E-state index in [0.29, 0.717) is 6.04 Å². The quantitative estimate of drug-likeness (QED) is 0.809. The number of nitrogens with one attached hydrogen (secondary N) is 2. The highest BCUT2D eigenvalue weighted by Gasteiger charge is 2.21. The molecule has 7 heteroatoms. The van der Waals surface area contributed by atoms with Gasteiger partial charge >= 0.3 is 0 Å². The zero-order valence-electron chi connectivity index (χ0n) is 11.7. The monoisotopic (exact) mass is 413 g/mol. The Labute approximate surface area is 140 Å². The number of anilines is 1. The molecule has 0 spiro atoms. The molecule has 3 rings (SSSR count). The summed E-state index contributed by atoms with van der Waals surface area (Å²) in [6.07, 6.45) is 2.25. The van der Waals surface area contributed by atoms with Gasteiger partial charge in [0.05, 0.1) is 0 Å². The van der Waals surface area contributed by atoms with Gasteiger partial charge < -0.3 is 10.2 Å². The average Bonchev–Trinajstić information content (AvgIpc) is 2.99. The first kappa shape index (κ1) is 15.0. The lowest BCUT2D eigenvalue weighted by Gasteiger charge is -2.30. The SMILES string of the molecule is CNC1CCN(c2n[nH]c(-c3cc(Br)ccc3Br)n2)CC1. The number of H-pyrrole nitrogens is 1. The van der Waals surface area contributed by atoms with Crippen molar-refractivity contribution in [3.8, 4) is 11.4 Å². The van der Waals surface area contributed by atoms with Crippen molar-refractivity contribution in [2.45, 2.75) is 18.9 Å². The molecule has 0 amide bonds. The summed E-state index contributed by atoms with van der Waals surface area (Å²) in [5.41, 5.74) is 1.01. The van der Waals surface area contributed by atoms with Crippen molar-refractivity contribution in [1.29, 1.82) is 0 Å². The van der Waals surface area contributed by atoms with Crippen molar-refractivity contribution in [3.05, 3.63) is 27.1 Å². The number of rotatable bonds is 3. The van der Waals surface area contributed by atoms with Gasteiger partial charge in [-0.3, -0.25) is 5.10 Å². The molecule has 0 saturated carbocycles. The van der Waals surface area contributed by atoms with Gasteiger partial charge in [0, 0.05) is 33.6 Å². The topological polar surface area (TPSA) is 56.8 Å². The lowest BCUT2D eigenvalue weighted by molar-refractivity contribution is 0.439. The van der Waals surface area contributed by atoms with Crippen LogP contribution in [0.15, 0.2) is 27.1 Å². The van der Waals surface area contributed by atoms with Crippen molar-refractivity contribution >= 4 is 37.8 Å². The molecule has 0 radical (unpaired) electrons. The summed E-state index contributed by atoms with van der Waals surface area (Å²) in [4.78, 5) is 6.88. The molecule has 0 bridgehead atoms. The number of benzene rings is 1. The first-order chi connectivity index (χ1) is 10.2. The van der Waals surface area contributed by atoms with Gasteiger partial charge in [-0.25, -0.2) is 0 Å². The lowest BCUT2D eigenvalue weighted by atomic mass is 10.1. The minimum absolute atomic E-state index is 0.610. The largest absolute Gasteiger partial charge is 0.339 e. The minimum atomic E-state index is 0.610. The molecule has 2 heterocycles. The zero-order chi connectivity index (χ0) is 14.8. The molecule has 0 aliphatic carbocycles. The van der Waals surface area contributed by atoms with Crippen LogP contribution in [0, 0.1) is 0 Å². The third-order valence-corrected chi connectivity index (χ3v) is 5.03. The summed E-state index contributed by atoms with van der Waals surface area (Å²) in [7, 11) is 2.02. The van der Waals surface area contributed by atoms with Crippen LogP contribution < -0.4 is 10.2 Å². The smallest absolute Gasteiger partial charge is 0.245 e. The third kappa shape index (κ3) is 3.30. The highest BCUT2D eigenvalue weighted by Crippen LogP contribution is 2.29. The standard InChI is InChI=1S/C14H17Br2N5/c1-17-10-4-6-21(7-5-10)14-18-13(19-20-14)11-8-9(15)2-3-12(11)16/h2-3,8,10,17H,4-7H2,1H3,(H,18,19,20). The van der Waals surface area contributed by atoms with E-state index in [1.54, 1.807) is 0 Å². The van der Waals surface area contributed by atoms with Crippen molar-refractivity contribution in [2.24, 2.45) is 0 Å². The van der Waals surface area contributed by atoms with E-state index in [1.807, 2.05) is 25.2 Å². The second-order valence-electron chi connectivity index (χ2n) is 5.16. The summed E-state index contributed by atoms with van der Waals surface area (Å²) in [6, 6.07) is 6.63. The van der Waals surface area contributed by atoms with Gasteiger partial charge in [-0.1, -0.05) is 31.9 Å². The molecule has 1 saturated heterocycles. The fourth-order valence-corrected chi connectivity index (χ4v) is 3.36. The van der Waals surface area contributed by atoms with E-state index in [-0.39, 0.29) is 0 Å². The molecule has 2 aromatic rings. The Morgan fingerprint density at radius 2 is 2.05 bits per heavy atom. The van der Waals surface area contributed by atoms with E-state index in [0.717, 1.165) is 52.2 Å². The Balaban J connectivity index is 1.79. The van der Waals surface area contributed by atoms with Gasteiger partial charge in [-0.05, 0) is 38.1 Å². The fourth-order valence-electron chi connectivity index (χ4n) is 2.56. The number of aromatic amines is 1. The van der Waals surface area contributed by atoms with E-state index in [4.69, 9.17) is 0 Å². The normalized spacial score (nSPS) is 16.4. The molecule has 112 valence electrons. The molecular formula is C14H17Br2N5. The maximum atomic E-state index is 4.64. The number of nitrogens with zero attached hydrogens (tertiary/aromatic N) is 3. The summed E-state index contributed by atoms with van der Waals surface area (Å²) < 4.78 is 2.02. The van der Waals surface area contributed by atoms with Gasteiger partial charge in [0.2, 0.25) is 5.95 Å². The van der Waals surface area contributed by atoms with Crippen molar-refractivity contribution in [1.82, 2.24) is 20.5 Å². The van der Waals surface area contributed by atoms with E-state index in [9.17, 15) is 0 Å². The molecule has 1 aromatic heterocycles. The minimum Gasteiger partial charge on any atom is -0.339 e. The van der Waals surface area contributed by atoms with E-state index < -0.39 is 0 Å². The number of hydrogen-bond acceptors (Lipinski definition) is 4. The van der Waals surface area contributed by atoms with Crippen molar-refractivity contribution < 1.29 is 0 Å². The summed E-state index contributed by atoms with van der Waals surface area (Å²) in [5.74, 6) is 1.57. The van der Waals surface area contributed by atoms with Crippen molar-refractivity contribution in [3.63, 3.8) is 0 Å². The molecule has 1 aliphatic heterocycles. The first-order valence-electron chi connectivity index (χ1n) is 6.97. The molecule has 1 aromatic carbocycles. The number of halogens is 2. The Morgan fingerprint density at radius 1 is 1.29 bits per heavy atom. The molecule has 5 nitrogen and oxygen atoms in total. The van der Waals surface area contributed by atoms with Gasteiger partial charge in [-0.15, -0.1) is 5.10 Å². The molecular weight excluding hydrogens is 398 g/mol. The van der Waals surface area contributed by atoms with Gasteiger partial charge in [-0.2, -0.15) is 4.98 Å². The molecule has 21 heavy (non-hydrogen) atoms. The second kappa shape index (κ2) is 6.46. The molecule has 0 unspecified atom stereocenters. The Hall–Kier alpha value is -0.920. The zero-order valence-corrected chi connectivity index (χ0v) is 14.9. The number of hydrogen-bond donors (Lipinski definition) is 2. The van der Waals surface area contributed by atoms with E-state index >= 15 is 0 Å². The van der Waals surface area contributed by atoms with Crippen LogP contribution in [-0.4, -0.2) is 41.4 Å². The van der Waals surface area contributed by atoms with Gasteiger partial charge in [0.25, 0.3) is 0 Å². The van der Waals surface area contributed by atoms with Crippen LogP contribution in [0.5, 0.6) is 0 Å². The molecule has 2 N–H and O–H groups in total. The summed E-state index contributed by atoms with van der Waals surface area (Å²) in [6.45, 7) is 1.98. The van der Waals surface area contributed by atoms with E-state index in [2.05, 4.69) is 57.3 Å². The molecule has 1 fully saturated rings. The highest BCUT2D eigenvalue weighted by molar-refractivity contribution is 9.11. The maximum absolute atomic E-state index is 4.64. The van der Waals surface area contributed by atoms with Gasteiger partial charge in [0.1, 0.15) is 0 Å². The Morgan fingerprint density at radius 3 is 2.76 bits per heavy atom. The van der Waals surface area contributed by atoms with Crippen LogP contribution in [-0.2, 0) is 0 Å². The van der Waals surface area contributed by atoms with Crippen LogP contribution in [0.25, 0.3) is 11.4 Å².